The van der Waals surface area contributed by atoms with Crippen molar-refractivity contribution in [3.05, 3.63) is 24.8 Å². The summed E-state index contributed by atoms with van der Waals surface area (Å²) >= 11 is 0. The molecule has 2 nitrogen and oxygen atoms in total. The fraction of sp³-hybridized carbons (Fsp3) is 0.667. The van der Waals surface area contributed by atoms with E-state index in [0.29, 0.717) is 0 Å². The van der Waals surface area contributed by atoms with E-state index in [2.05, 4.69) is 25.7 Å². The van der Waals surface area contributed by atoms with Crippen LogP contribution in [0.15, 0.2) is 24.8 Å². The molecule has 0 bridgehead atoms. The summed E-state index contributed by atoms with van der Waals surface area (Å²) in [5, 5.41) is 0. The first-order valence-corrected chi connectivity index (χ1v) is 5.29. The first-order valence-electron chi connectivity index (χ1n) is 5.29. The maximum absolute atomic E-state index is 5.83. The number of hydrogen-bond donors (Lipinski definition) is 0. The third-order valence-electron chi connectivity index (χ3n) is 3.32. The second kappa shape index (κ2) is 3.52. The second-order valence-electron chi connectivity index (χ2n) is 4.30. The molecule has 1 aliphatic carbocycles. The molecule has 0 aromatic heterocycles. The van der Waals surface area contributed by atoms with Crippen molar-refractivity contribution in [2.45, 2.75) is 32.0 Å². The highest BCUT2D eigenvalue weighted by Gasteiger charge is 2.51. The SMILES string of the molecule is C=CCC1(C)C=CCCC12OCCO2. The molecule has 1 heterocycles. The first kappa shape index (κ1) is 9.94. The number of hydrogen-bond acceptors (Lipinski definition) is 2. The molecule has 0 aromatic carbocycles. The van der Waals surface area contributed by atoms with E-state index in [-0.39, 0.29) is 11.2 Å². The molecule has 1 aliphatic heterocycles. The standard InChI is InChI=1S/C12H18O2/c1-3-6-11(2)7-4-5-8-12(11)13-9-10-14-12/h3-4,7H,1,5-6,8-10H2,2H3. The molecule has 1 unspecified atom stereocenters. The Kier molecular flexibility index (Phi) is 2.50. The predicted octanol–water partition coefficient (Wildman–Crippen LogP) is 2.66. The molecule has 2 aliphatic rings. The van der Waals surface area contributed by atoms with Crippen molar-refractivity contribution in [2.75, 3.05) is 13.2 Å². The van der Waals surface area contributed by atoms with Gasteiger partial charge < -0.3 is 9.47 Å². The number of rotatable bonds is 2. The van der Waals surface area contributed by atoms with Gasteiger partial charge in [0.2, 0.25) is 0 Å². The molecule has 1 atom stereocenters. The summed E-state index contributed by atoms with van der Waals surface area (Å²) in [5.41, 5.74) is -0.0382. The molecular formula is C12H18O2. The third kappa shape index (κ3) is 1.33. The summed E-state index contributed by atoms with van der Waals surface area (Å²) in [6, 6.07) is 0. The van der Waals surface area contributed by atoms with Crippen LogP contribution in [0.4, 0.5) is 0 Å². The normalized spacial score (nSPS) is 34.9. The molecule has 1 saturated heterocycles. The summed E-state index contributed by atoms with van der Waals surface area (Å²) in [6.07, 6.45) is 9.32. The lowest BCUT2D eigenvalue weighted by molar-refractivity contribution is -0.223. The van der Waals surface area contributed by atoms with Crippen molar-refractivity contribution < 1.29 is 9.47 Å². The molecule has 0 aromatic rings. The Morgan fingerprint density at radius 3 is 2.79 bits per heavy atom. The lowest BCUT2D eigenvalue weighted by Crippen LogP contribution is -2.47. The smallest absolute Gasteiger partial charge is 0.177 e. The summed E-state index contributed by atoms with van der Waals surface area (Å²) in [7, 11) is 0. The van der Waals surface area contributed by atoms with Gasteiger partial charge in [-0.1, -0.05) is 25.2 Å². The van der Waals surface area contributed by atoms with Gasteiger partial charge >= 0.3 is 0 Å². The molecule has 0 N–H and O–H groups in total. The quantitative estimate of drug-likeness (QED) is 0.629. The van der Waals surface area contributed by atoms with Gasteiger partial charge in [-0.25, -0.2) is 0 Å². The van der Waals surface area contributed by atoms with Gasteiger partial charge in [-0.15, -0.1) is 6.58 Å². The van der Waals surface area contributed by atoms with E-state index < -0.39 is 0 Å². The zero-order chi connectivity index (χ0) is 10.1. The molecule has 1 fully saturated rings. The lowest BCUT2D eigenvalue weighted by atomic mass is 9.72. The number of ether oxygens (including phenoxy) is 2. The van der Waals surface area contributed by atoms with Crippen LogP contribution in [0.5, 0.6) is 0 Å². The minimum atomic E-state index is -0.379. The van der Waals surface area contributed by atoms with Crippen molar-refractivity contribution >= 4 is 0 Å². The van der Waals surface area contributed by atoms with Gasteiger partial charge in [-0.3, -0.25) is 0 Å². The average molecular weight is 194 g/mol. The largest absolute Gasteiger partial charge is 0.347 e. The molecule has 2 heteroatoms. The highest BCUT2D eigenvalue weighted by molar-refractivity contribution is 5.13. The van der Waals surface area contributed by atoms with Gasteiger partial charge in [0, 0.05) is 11.8 Å². The van der Waals surface area contributed by atoms with E-state index in [9.17, 15) is 0 Å². The summed E-state index contributed by atoms with van der Waals surface area (Å²) in [5.74, 6) is -0.379. The minimum Gasteiger partial charge on any atom is -0.347 e. The predicted molar refractivity (Wildman–Crippen MR) is 55.9 cm³/mol. The van der Waals surface area contributed by atoms with Crippen molar-refractivity contribution in [2.24, 2.45) is 5.41 Å². The third-order valence-corrected chi connectivity index (χ3v) is 3.32. The average Bonchev–Trinajstić information content (AvgIpc) is 2.62. The van der Waals surface area contributed by atoms with Gasteiger partial charge in [0.25, 0.3) is 0 Å². The van der Waals surface area contributed by atoms with Crippen molar-refractivity contribution in [3.8, 4) is 0 Å². The monoisotopic (exact) mass is 194 g/mol. The Labute approximate surface area is 85.6 Å². The van der Waals surface area contributed by atoms with Crippen LogP contribution in [0.1, 0.15) is 26.2 Å². The van der Waals surface area contributed by atoms with E-state index in [1.54, 1.807) is 0 Å². The molecule has 14 heavy (non-hydrogen) atoms. The molecule has 0 amide bonds. The molecule has 2 rings (SSSR count). The molecular weight excluding hydrogens is 176 g/mol. The van der Waals surface area contributed by atoms with E-state index >= 15 is 0 Å². The zero-order valence-electron chi connectivity index (χ0n) is 8.79. The van der Waals surface area contributed by atoms with Crippen LogP contribution in [0.2, 0.25) is 0 Å². The fourth-order valence-electron chi connectivity index (χ4n) is 2.48. The van der Waals surface area contributed by atoms with Crippen molar-refractivity contribution in [3.63, 3.8) is 0 Å². The highest BCUT2D eigenvalue weighted by Crippen LogP contribution is 2.48. The summed E-state index contributed by atoms with van der Waals surface area (Å²) < 4.78 is 11.7. The number of allylic oxidation sites excluding steroid dienone is 2. The van der Waals surface area contributed by atoms with Crippen LogP contribution in [0.3, 0.4) is 0 Å². The highest BCUT2D eigenvalue weighted by atomic mass is 16.7. The van der Waals surface area contributed by atoms with E-state index in [0.717, 1.165) is 32.5 Å². The molecule has 0 saturated carbocycles. The van der Waals surface area contributed by atoms with E-state index in [1.165, 1.54) is 0 Å². The Balaban J connectivity index is 2.29. The minimum absolute atomic E-state index is 0.0382. The van der Waals surface area contributed by atoms with Gasteiger partial charge in [0.15, 0.2) is 5.79 Å². The maximum atomic E-state index is 5.83. The van der Waals surface area contributed by atoms with Crippen LogP contribution in [-0.2, 0) is 9.47 Å². The van der Waals surface area contributed by atoms with Crippen LogP contribution in [-0.4, -0.2) is 19.0 Å². The van der Waals surface area contributed by atoms with Crippen molar-refractivity contribution in [1.82, 2.24) is 0 Å². The van der Waals surface area contributed by atoms with Crippen molar-refractivity contribution in [1.29, 1.82) is 0 Å². The lowest BCUT2D eigenvalue weighted by Gasteiger charge is -2.44. The Bertz CT molecular complexity index is 251. The Morgan fingerprint density at radius 2 is 2.14 bits per heavy atom. The van der Waals surface area contributed by atoms with Gasteiger partial charge in [0.1, 0.15) is 0 Å². The molecule has 0 radical (unpaired) electrons. The summed E-state index contributed by atoms with van der Waals surface area (Å²) in [6.45, 7) is 7.45. The fourth-order valence-corrected chi connectivity index (χ4v) is 2.48. The maximum Gasteiger partial charge on any atom is 0.177 e. The summed E-state index contributed by atoms with van der Waals surface area (Å²) in [4.78, 5) is 0. The molecule has 1 spiro atoms. The van der Waals surface area contributed by atoms with Crippen LogP contribution in [0.25, 0.3) is 0 Å². The van der Waals surface area contributed by atoms with Gasteiger partial charge in [-0.05, 0) is 12.8 Å². The van der Waals surface area contributed by atoms with Crippen LogP contribution in [0, 0.1) is 5.41 Å². The van der Waals surface area contributed by atoms with Crippen LogP contribution >= 0.6 is 0 Å². The Hall–Kier alpha value is -0.600. The van der Waals surface area contributed by atoms with Gasteiger partial charge in [0.05, 0.1) is 13.2 Å². The Morgan fingerprint density at radius 1 is 1.43 bits per heavy atom. The second-order valence-corrected chi connectivity index (χ2v) is 4.30. The molecule has 78 valence electrons. The zero-order valence-corrected chi connectivity index (χ0v) is 8.79. The van der Waals surface area contributed by atoms with E-state index in [4.69, 9.17) is 9.47 Å². The van der Waals surface area contributed by atoms with Gasteiger partial charge in [-0.2, -0.15) is 0 Å². The topological polar surface area (TPSA) is 18.5 Å². The van der Waals surface area contributed by atoms with E-state index in [1.807, 2.05) is 6.08 Å². The first-order chi connectivity index (χ1) is 6.72. The van der Waals surface area contributed by atoms with Crippen LogP contribution < -0.4 is 0 Å².